The summed E-state index contributed by atoms with van der Waals surface area (Å²) in [5.74, 6) is -0.478. The van der Waals surface area contributed by atoms with Gasteiger partial charge in [-0.2, -0.15) is 5.26 Å². The first-order chi connectivity index (χ1) is 9.60. The van der Waals surface area contributed by atoms with E-state index >= 15 is 0 Å². The lowest BCUT2D eigenvalue weighted by Gasteiger charge is -2.08. The molecule has 5 heteroatoms. The molecule has 0 aliphatic rings. The van der Waals surface area contributed by atoms with Gasteiger partial charge in [-0.05, 0) is 41.5 Å². The van der Waals surface area contributed by atoms with E-state index in [2.05, 4.69) is 0 Å². The Morgan fingerprint density at radius 3 is 2.40 bits per heavy atom. The summed E-state index contributed by atoms with van der Waals surface area (Å²) >= 11 is 5.64. The molecule has 0 atom stereocenters. The van der Waals surface area contributed by atoms with Crippen LogP contribution in [0.1, 0.15) is 16.7 Å². The molecule has 0 heterocycles. The molecule has 0 saturated carbocycles. The van der Waals surface area contributed by atoms with Gasteiger partial charge in [0.25, 0.3) is 0 Å². The summed E-state index contributed by atoms with van der Waals surface area (Å²) in [7, 11) is 0. The van der Waals surface area contributed by atoms with Gasteiger partial charge in [0.1, 0.15) is 24.0 Å². The van der Waals surface area contributed by atoms with E-state index < -0.39 is 11.6 Å². The summed E-state index contributed by atoms with van der Waals surface area (Å²) in [5.41, 5.74) is 1.31. The molecule has 0 spiro atoms. The summed E-state index contributed by atoms with van der Waals surface area (Å²) < 4.78 is 31.9. The number of hydrogen-bond acceptors (Lipinski definition) is 2. The average Bonchev–Trinajstić information content (AvgIpc) is 2.44. The zero-order chi connectivity index (χ0) is 14.5. The van der Waals surface area contributed by atoms with Gasteiger partial charge in [-0.15, -0.1) is 11.6 Å². The van der Waals surface area contributed by atoms with Gasteiger partial charge in [0.05, 0.1) is 11.6 Å². The minimum absolute atomic E-state index is 0.0393. The number of halogens is 3. The zero-order valence-electron chi connectivity index (χ0n) is 10.4. The molecule has 0 amide bonds. The Morgan fingerprint density at radius 1 is 1.00 bits per heavy atom. The fourth-order valence-corrected chi connectivity index (χ4v) is 1.90. The first-order valence-electron chi connectivity index (χ1n) is 5.78. The Labute approximate surface area is 120 Å². The predicted molar refractivity (Wildman–Crippen MR) is 71.4 cm³/mol. The Kier molecular flexibility index (Phi) is 4.54. The number of rotatable bonds is 4. The lowest BCUT2D eigenvalue weighted by molar-refractivity contribution is 0.303. The third-order valence-corrected chi connectivity index (χ3v) is 2.89. The summed E-state index contributed by atoms with van der Waals surface area (Å²) in [4.78, 5) is 0. The van der Waals surface area contributed by atoms with Crippen molar-refractivity contribution in [2.45, 2.75) is 12.5 Å². The number of nitrogens with zero attached hydrogens (tertiary/aromatic N) is 1. The second-order valence-electron chi connectivity index (χ2n) is 4.18. The van der Waals surface area contributed by atoms with Crippen molar-refractivity contribution in [2.24, 2.45) is 0 Å². The van der Waals surface area contributed by atoms with Gasteiger partial charge in [0.15, 0.2) is 0 Å². The van der Waals surface area contributed by atoms with Crippen LogP contribution in [0, 0.1) is 23.0 Å². The third kappa shape index (κ3) is 3.69. The molecular formula is C15H10ClF2NO. The topological polar surface area (TPSA) is 33.0 Å². The van der Waals surface area contributed by atoms with Gasteiger partial charge in [0, 0.05) is 11.9 Å². The number of hydrogen-bond donors (Lipinski definition) is 0. The molecule has 2 aromatic carbocycles. The number of alkyl halides is 1. The summed E-state index contributed by atoms with van der Waals surface area (Å²) in [6.07, 6.45) is 0. The van der Waals surface area contributed by atoms with Crippen LogP contribution in [-0.4, -0.2) is 0 Å². The van der Waals surface area contributed by atoms with Gasteiger partial charge >= 0.3 is 0 Å². The number of ether oxygens (including phenoxy) is 1. The highest BCUT2D eigenvalue weighted by atomic mass is 35.5. The van der Waals surface area contributed by atoms with Crippen molar-refractivity contribution in [3.05, 3.63) is 64.7 Å². The van der Waals surface area contributed by atoms with Crippen LogP contribution in [0.5, 0.6) is 5.75 Å². The fraction of sp³-hybridized carbons (Fsp3) is 0.133. The molecular weight excluding hydrogens is 284 g/mol. The standard InChI is InChI=1S/C15H10ClF2NO/c16-7-10-2-14(18)6-15(5-10)20-9-12-1-11(8-19)3-13(17)4-12/h1-6H,7,9H2. The van der Waals surface area contributed by atoms with Crippen molar-refractivity contribution in [3.8, 4) is 11.8 Å². The van der Waals surface area contributed by atoms with Gasteiger partial charge in [0.2, 0.25) is 0 Å². The highest BCUT2D eigenvalue weighted by molar-refractivity contribution is 6.17. The summed E-state index contributed by atoms with van der Waals surface area (Å²) in [6.45, 7) is 0.0393. The molecule has 2 nitrogen and oxygen atoms in total. The second-order valence-corrected chi connectivity index (χ2v) is 4.44. The van der Waals surface area contributed by atoms with Crippen LogP contribution in [0.4, 0.5) is 8.78 Å². The zero-order valence-corrected chi connectivity index (χ0v) is 11.1. The van der Waals surface area contributed by atoms with Crippen molar-refractivity contribution in [2.75, 3.05) is 0 Å². The molecule has 0 unspecified atom stereocenters. The minimum atomic E-state index is -0.511. The van der Waals surface area contributed by atoms with Crippen LogP contribution in [0.2, 0.25) is 0 Å². The van der Waals surface area contributed by atoms with E-state index in [1.54, 1.807) is 6.07 Å². The predicted octanol–water partition coefficient (Wildman–Crippen LogP) is 4.15. The largest absolute Gasteiger partial charge is 0.489 e. The molecule has 0 bridgehead atoms. The van der Waals surface area contributed by atoms with E-state index in [1.165, 1.54) is 24.3 Å². The first kappa shape index (κ1) is 14.3. The van der Waals surface area contributed by atoms with Crippen LogP contribution >= 0.6 is 11.6 Å². The summed E-state index contributed by atoms with van der Waals surface area (Å²) in [6, 6.07) is 9.93. The quantitative estimate of drug-likeness (QED) is 0.793. The molecule has 0 fully saturated rings. The molecule has 2 aromatic rings. The molecule has 20 heavy (non-hydrogen) atoms. The van der Waals surface area contributed by atoms with Crippen molar-refractivity contribution in [3.63, 3.8) is 0 Å². The molecule has 2 rings (SSSR count). The molecule has 102 valence electrons. The maximum Gasteiger partial charge on any atom is 0.127 e. The minimum Gasteiger partial charge on any atom is -0.489 e. The molecule has 0 N–H and O–H groups in total. The monoisotopic (exact) mass is 293 g/mol. The van der Waals surface area contributed by atoms with Crippen LogP contribution in [0.25, 0.3) is 0 Å². The molecule has 0 aromatic heterocycles. The molecule has 0 saturated heterocycles. The van der Waals surface area contributed by atoms with Gasteiger partial charge < -0.3 is 4.74 Å². The maximum absolute atomic E-state index is 13.3. The van der Waals surface area contributed by atoms with Crippen LogP contribution in [0.15, 0.2) is 36.4 Å². The second kappa shape index (κ2) is 6.36. The van der Waals surface area contributed by atoms with Gasteiger partial charge in [-0.1, -0.05) is 0 Å². The fourth-order valence-electron chi connectivity index (χ4n) is 1.75. The highest BCUT2D eigenvalue weighted by Crippen LogP contribution is 2.19. The third-order valence-electron chi connectivity index (χ3n) is 2.58. The van der Waals surface area contributed by atoms with E-state index in [1.807, 2.05) is 6.07 Å². The van der Waals surface area contributed by atoms with Crippen LogP contribution < -0.4 is 4.74 Å². The van der Waals surface area contributed by atoms with E-state index in [-0.39, 0.29) is 18.1 Å². The summed E-state index contributed by atoms with van der Waals surface area (Å²) in [5, 5.41) is 8.75. The maximum atomic E-state index is 13.3. The van der Waals surface area contributed by atoms with Crippen molar-refractivity contribution in [1.29, 1.82) is 5.26 Å². The number of nitriles is 1. The van der Waals surface area contributed by atoms with Crippen LogP contribution in [-0.2, 0) is 12.5 Å². The van der Waals surface area contributed by atoms with E-state index in [0.717, 1.165) is 6.07 Å². The number of benzene rings is 2. The molecule has 0 radical (unpaired) electrons. The average molecular weight is 294 g/mol. The van der Waals surface area contributed by atoms with E-state index in [9.17, 15) is 8.78 Å². The smallest absolute Gasteiger partial charge is 0.127 e. The van der Waals surface area contributed by atoms with E-state index in [4.69, 9.17) is 21.6 Å². The Morgan fingerprint density at radius 2 is 1.70 bits per heavy atom. The Bertz CT molecular complexity index is 667. The van der Waals surface area contributed by atoms with E-state index in [0.29, 0.717) is 16.9 Å². The lowest BCUT2D eigenvalue weighted by atomic mass is 10.1. The van der Waals surface area contributed by atoms with Crippen LogP contribution in [0.3, 0.4) is 0 Å². The van der Waals surface area contributed by atoms with Crippen molar-refractivity contribution in [1.82, 2.24) is 0 Å². The molecule has 0 aliphatic heterocycles. The Hall–Kier alpha value is -2.12. The SMILES string of the molecule is N#Cc1cc(F)cc(COc2cc(F)cc(CCl)c2)c1. The lowest BCUT2D eigenvalue weighted by Crippen LogP contribution is -1.98. The van der Waals surface area contributed by atoms with Gasteiger partial charge in [-0.25, -0.2) is 8.78 Å². The van der Waals surface area contributed by atoms with Gasteiger partial charge in [-0.3, -0.25) is 0 Å². The molecule has 0 aliphatic carbocycles. The van der Waals surface area contributed by atoms with Crippen molar-refractivity contribution >= 4 is 11.6 Å². The highest BCUT2D eigenvalue weighted by Gasteiger charge is 2.04. The first-order valence-corrected chi connectivity index (χ1v) is 6.32. The Balaban J connectivity index is 2.14. The normalized spacial score (nSPS) is 10.1. The van der Waals surface area contributed by atoms with Crippen molar-refractivity contribution < 1.29 is 13.5 Å².